The van der Waals surface area contributed by atoms with Crippen molar-refractivity contribution in [2.75, 3.05) is 0 Å². The zero-order valence-electron chi connectivity index (χ0n) is 9.83. The molecule has 2 rings (SSSR count). The summed E-state index contributed by atoms with van der Waals surface area (Å²) in [6.07, 6.45) is 6.16. The van der Waals surface area contributed by atoms with Gasteiger partial charge in [-0.25, -0.2) is 4.39 Å². The number of hydrogen-bond acceptors (Lipinski definition) is 1. The molecule has 0 bridgehead atoms. The first-order chi connectivity index (χ1) is 8.18. The molecule has 0 radical (unpaired) electrons. The van der Waals surface area contributed by atoms with Crippen LogP contribution in [-0.4, -0.2) is 5.11 Å². The van der Waals surface area contributed by atoms with Gasteiger partial charge in [0.15, 0.2) is 0 Å². The maximum absolute atomic E-state index is 13.8. The Morgan fingerprint density at radius 2 is 1.82 bits per heavy atom. The topological polar surface area (TPSA) is 20.2 Å². The molecule has 0 saturated heterocycles. The minimum atomic E-state index is -0.652. The van der Waals surface area contributed by atoms with E-state index < -0.39 is 6.10 Å². The number of rotatable bonds is 2. The first-order valence-corrected chi connectivity index (χ1v) is 7.11. The normalized spacial score (nSPS) is 19.9. The lowest BCUT2D eigenvalue weighted by atomic mass is 9.89. The third kappa shape index (κ3) is 3.29. The zero-order chi connectivity index (χ0) is 12.3. The van der Waals surface area contributed by atoms with Gasteiger partial charge in [0, 0.05) is 10.0 Å². The molecule has 1 aliphatic rings. The van der Waals surface area contributed by atoms with E-state index in [1.165, 1.54) is 18.9 Å². The SMILES string of the molecule is O[C@@H](c1ccc(Br)cc1F)C1CCCCCC1. The maximum Gasteiger partial charge on any atom is 0.130 e. The van der Waals surface area contributed by atoms with E-state index in [4.69, 9.17) is 0 Å². The summed E-state index contributed by atoms with van der Waals surface area (Å²) < 4.78 is 14.5. The number of aliphatic hydroxyl groups is 1. The molecule has 1 saturated carbocycles. The van der Waals surface area contributed by atoms with Crippen LogP contribution >= 0.6 is 15.9 Å². The van der Waals surface area contributed by atoms with Crippen molar-refractivity contribution in [3.05, 3.63) is 34.1 Å². The van der Waals surface area contributed by atoms with Gasteiger partial charge in [0.25, 0.3) is 0 Å². The van der Waals surface area contributed by atoms with Crippen LogP contribution in [0.4, 0.5) is 4.39 Å². The highest BCUT2D eigenvalue weighted by Crippen LogP contribution is 2.34. The molecule has 3 heteroatoms. The Morgan fingerprint density at radius 3 is 2.41 bits per heavy atom. The van der Waals surface area contributed by atoms with Gasteiger partial charge in [-0.15, -0.1) is 0 Å². The minimum absolute atomic E-state index is 0.216. The lowest BCUT2D eigenvalue weighted by molar-refractivity contribution is 0.0952. The van der Waals surface area contributed by atoms with E-state index in [2.05, 4.69) is 15.9 Å². The number of aliphatic hydroxyl groups excluding tert-OH is 1. The van der Waals surface area contributed by atoms with Gasteiger partial charge in [0.1, 0.15) is 5.82 Å². The smallest absolute Gasteiger partial charge is 0.130 e. The highest BCUT2D eigenvalue weighted by atomic mass is 79.9. The number of hydrogen-bond donors (Lipinski definition) is 1. The number of benzene rings is 1. The van der Waals surface area contributed by atoms with Crippen LogP contribution in [0, 0.1) is 11.7 Å². The zero-order valence-corrected chi connectivity index (χ0v) is 11.4. The molecule has 0 aliphatic heterocycles. The summed E-state index contributed by atoms with van der Waals surface area (Å²) >= 11 is 3.23. The Morgan fingerprint density at radius 1 is 1.18 bits per heavy atom. The van der Waals surface area contributed by atoms with E-state index in [9.17, 15) is 9.50 Å². The second kappa shape index (κ2) is 5.96. The molecule has 17 heavy (non-hydrogen) atoms. The fourth-order valence-electron chi connectivity index (χ4n) is 2.62. The van der Waals surface area contributed by atoms with E-state index in [0.29, 0.717) is 10.0 Å². The van der Waals surface area contributed by atoms with Gasteiger partial charge in [0.2, 0.25) is 0 Å². The molecule has 1 nitrogen and oxygen atoms in total. The molecule has 1 atom stereocenters. The summed E-state index contributed by atoms with van der Waals surface area (Å²) in [5.74, 6) is -0.0932. The lowest BCUT2D eigenvalue weighted by Crippen LogP contribution is -2.13. The van der Waals surface area contributed by atoms with Crippen molar-refractivity contribution in [1.29, 1.82) is 0 Å². The summed E-state index contributed by atoms with van der Waals surface area (Å²) in [5, 5.41) is 10.3. The fraction of sp³-hybridized carbons (Fsp3) is 0.571. The Labute approximate surface area is 110 Å². The van der Waals surface area contributed by atoms with Crippen molar-refractivity contribution in [2.24, 2.45) is 5.92 Å². The Balaban J connectivity index is 2.14. The molecule has 94 valence electrons. The molecule has 0 aromatic heterocycles. The van der Waals surface area contributed by atoms with Crippen molar-refractivity contribution in [1.82, 2.24) is 0 Å². The van der Waals surface area contributed by atoms with Crippen molar-refractivity contribution < 1.29 is 9.50 Å². The molecule has 0 heterocycles. The molecular formula is C14H18BrFO. The van der Waals surface area contributed by atoms with Gasteiger partial charge in [-0.05, 0) is 30.9 Å². The summed E-state index contributed by atoms with van der Waals surface area (Å²) in [6, 6.07) is 4.91. The molecule has 1 aliphatic carbocycles. The van der Waals surface area contributed by atoms with Crippen LogP contribution in [-0.2, 0) is 0 Å². The third-order valence-electron chi connectivity index (χ3n) is 3.63. The first kappa shape index (κ1) is 13.0. The van der Waals surface area contributed by atoms with Crippen LogP contribution < -0.4 is 0 Å². The van der Waals surface area contributed by atoms with Crippen molar-refractivity contribution >= 4 is 15.9 Å². The summed E-state index contributed by atoms with van der Waals surface area (Å²) in [7, 11) is 0. The predicted molar refractivity (Wildman–Crippen MR) is 70.3 cm³/mol. The van der Waals surface area contributed by atoms with Crippen molar-refractivity contribution in [3.8, 4) is 0 Å². The predicted octanol–water partition coefficient (Wildman–Crippen LogP) is 4.59. The monoisotopic (exact) mass is 300 g/mol. The molecule has 1 aromatic carbocycles. The van der Waals surface area contributed by atoms with E-state index in [-0.39, 0.29) is 11.7 Å². The Hall–Kier alpha value is -0.410. The van der Waals surface area contributed by atoms with Gasteiger partial charge >= 0.3 is 0 Å². The highest BCUT2D eigenvalue weighted by Gasteiger charge is 2.24. The molecular weight excluding hydrogens is 283 g/mol. The van der Waals surface area contributed by atoms with Crippen LogP contribution in [0.2, 0.25) is 0 Å². The Kier molecular flexibility index (Phi) is 4.57. The average Bonchev–Trinajstić information content (AvgIpc) is 2.56. The van der Waals surface area contributed by atoms with Crippen LogP contribution in [0.3, 0.4) is 0 Å². The van der Waals surface area contributed by atoms with Gasteiger partial charge in [-0.3, -0.25) is 0 Å². The largest absolute Gasteiger partial charge is 0.388 e. The molecule has 0 amide bonds. The van der Waals surface area contributed by atoms with Crippen molar-refractivity contribution in [2.45, 2.75) is 44.6 Å². The van der Waals surface area contributed by atoms with E-state index in [1.54, 1.807) is 12.1 Å². The van der Waals surface area contributed by atoms with Crippen LogP contribution in [0.1, 0.15) is 50.2 Å². The summed E-state index contributed by atoms with van der Waals surface area (Å²) in [6.45, 7) is 0. The molecule has 0 unspecified atom stereocenters. The number of halogens is 2. The quantitative estimate of drug-likeness (QED) is 0.792. The highest BCUT2D eigenvalue weighted by molar-refractivity contribution is 9.10. The summed E-state index contributed by atoms with van der Waals surface area (Å²) in [4.78, 5) is 0. The molecule has 1 aromatic rings. The fourth-order valence-corrected chi connectivity index (χ4v) is 2.96. The third-order valence-corrected chi connectivity index (χ3v) is 4.12. The second-order valence-electron chi connectivity index (χ2n) is 4.86. The van der Waals surface area contributed by atoms with Gasteiger partial charge in [0.05, 0.1) is 6.10 Å². The van der Waals surface area contributed by atoms with E-state index in [0.717, 1.165) is 25.7 Å². The summed E-state index contributed by atoms with van der Waals surface area (Å²) in [5.41, 5.74) is 0.445. The second-order valence-corrected chi connectivity index (χ2v) is 5.78. The van der Waals surface area contributed by atoms with E-state index in [1.807, 2.05) is 0 Å². The molecule has 1 N–H and O–H groups in total. The minimum Gasteiger partial charge on any atom is -0.388 e. The lowest BCUT2D eigenvalue weighted by Gasteiger charge is -2.22. The molecule has 0 spiro atoms. The molecule has 1 fully saturated rings. The standard InChI is InChI=1S/C14H18BrFO/c15-11-7-8-12(13(16)9-11)14(17)10-5-3-1-2-4-6-10/h7-10,14,17H,1-6H2/t14-/m1/s1. The average molecular weight is 301 g/mol. The van der Waals surface area contributed by atoms with Gasteiger partial charge in [-0.1, -0.05) is 47.7 Å². The van der Waals surface area contributed by atoms with Gasteiger partial charge in [-0.2, -0.15) is 0 Å². The van der Waals surface area contributed by atoms with Crippen LogP contribution in [0.5, 0.6) is 0 Å². The van der Waals surface area contributed by atoms with E-state index >= 15 is 0 Å². The first-order valence-electron chi connectivity index (χ1n) is 6.31. The maximum atomic E-state index is 13.8. The Bertz CT molecular complexity index is 372. The van der Waals surface area contributed by atoms with Crippen molar-refractivity contribution in [3.63, 3.8) is 0 Å². The van der Waals surface area contributed by atoms with Crippen LogP contribution in [0.15, 0.2) is 22.7 Å². The van der Waals surface area contributed by atoms with Crippen LogP contribution in [0.25, 0.3) is 0 Å². The van der Waals surface area contributed by atoms with Gasteiger partial charge < -0.3 is 5.11 Å².